The van der Waals surface area contributed by atoms with Gasteiger partial charge in [-0.25, -0.2) is 0 Å². The second-order valence-corrected chi connectivity index (χ2v) is 7.03. The van der Waals surface area contributed by atoms with Gasteiger partial charge in [0.2, 0.25) is 0 Å². The third kappa shape index (κ3) is 2.26. The SMILES string of the molecule is CC(O)(C1CC2C3C=CC(C3)C2C1OC(=O)CCl)C(F)(F)F. The third-order valence-electron chi connectivity index (χ3n) is 5.66. The molecule has 0 saturated heterocycles. The largest absolute Gasteiger partial charge is 0.461 e. The van der Waals surface area contributed by atoms with Crippen LogP contribution < -0.4 is 0 Å². The van der Waals surface area contributed by atoms with Gasteiger partial charge < -0.3 is 9.84 Å². The van der Waals surface area contributed by atoms with Gasteiger partial charge in [0, 0.05) is 11.8 Å². The van der Waals surface area contributed by atoms with Crippen LogP contribution in [0.4, 0.5) is 13.2 Å². The second kappa shape index (κ2) is 5.13. The van der Waals surface area contributed by atoms with E-state index in [2.05, 4.69) is 0 Å². The van der Waals surface area contributed by atoms with E-state index in [1.807, 2.05) is 12.2 Å². The Balaban J connectivity index is 1.91. The molecular weight excluding hydrogens is 321 g/mol. The molecular formula is C15H18ClF3O3. The van der Waals surface area contributed by atoms with Crippen LogP contribution in [0.2, 0.25) is 0 Å². The molecule has 0 aromatic heterocycles. The van der Waals surface area contributed by atoms with E-state index in [9.17, 15) is 23.1 Å². The Bertz CT molecular complexity index is 503. The highest BCUT2D eigenvalue weighted by molar-refractivity contribution is 6.26. The first-order valence-corrected chi connectivity index (χ1v) is 7.93. The van der Waals surface area contributed by atoms with Gasteiger partial charge in [-0.2, -0.15) is 13.2 Å². The number of hydrogen-bond donors (Lipinski definition) is 1. The topological polar surface area (TPSA) is 46.5 Å². The highest BCUT2D eigenvalue weighted by Gasteiger charge is 2.66. The Morgan fingerprint density at radius 1 is 1.32 bits per heavy atom. The molecule has 0 aromatic rings. The van der Waals surface area contributed by atoms with Crippen LogP contribution >= 0.6 is 11.6 Å². The number of esters is 1. The summed E-state index contributed by atoms with van der Waals surface area (Å²) in [4.78, 5) is 11.5. The van der Waals surface area contributed by atoms with E-state index in [0.29, 0.717) is 0 Å². The van der Waals surface area contributed by atoms with Gasteiger partial charge in [-0.15, -0.1) is 11.6 Å². The summed E-state index contributed by atoms with van der Waals surface area (Å²) in [6.45, 7) is 0.773. The predicted molar refractivity (Wildman–Crippen MR) is 73.1 cm³/mol. The van der Waals surface area contributed by atoms with Crippen molar-refractivity contribution in [3.8, 4) is 0 Å². The van der Waals surface area contributed by atoms with Crippen LogP contribution in [-0.2, 0) is 9.53 Å². The van der Waals surface area contributed by atoms with E-state index in [1.165, 1.54) is 0 Å². The van der Waals surface area contributed by atoms with Crippen LogP contribution in [-0.4, -0.2) is 34.8 Å². The van der Waals surface area contributed by atoms with E-state index in [-0.39, 0.29) is 30.1 Å². The smallest absolute Gasteiger partial charge is 0.417 e. The van der Waals surface area contributed by atoms with Crippen molar-refractivity contribution in [2.75, 3.05) is 5.88 Å². The molecule has 7 atom stereocenters. The Morgan fingerprint density at radius 2 is 1.95 bits per heavy atom. The summed E-state index contributed by atoms with van der Waals surface area (Å²) in [5.41, 5.74) is -2.88. The average Bonchev–Trinajstić information content (AvgIpc) is 3.08. The highest BCUT2D eigenvalue weighted by Crippen LogP contribution is 2.61. The van der Waals surface area contributed by atoms with Crippen molar-refractivity contribution in [2.24, 2.45) is 29.6 Å². The molecule has 0 aromatic carbocycles. The first kappa shape index (κ1) is 16.1. The zero-order valence-electron chi connectivity index (χ0n) is 12.0. The first-order valence-electron chi connectivity index (χ1n) is 7.39. The zero-order valence-corrected chi connectivity index (χ0v) is 12.8. The van der Waals surface area contributed by atoms with Gasteiger partial charge in [0.15, 0.2) is 5.60 Å². The van der Waals surface area contributed by atoms with Crippen LogP contribution in [0.1, 0.15) is 19.8 Å². The molecule has 3 aliphatic rings. The Labute approximate surface area is 131 Å². The van der Waals surface area contributed by atoms with Crippen LogP contribution in [0.15, 0.2) is 12.2 Å². The van der Waals surface area contributed by atoms with E-state index in [0.717, 1.165) is 13.3 Å². The maximum Gasteiger partial charge on any atom is 0.417 e. The average molecular weight is 339 g/mol. The van der Waals surface area contributed by atoms with Crippen molar-refractivity contribution < 1.29 is 27.8 Å². The molecule has 3 nitrogen and oxygen atoms in total. The van der Waals surface area contributed by atoms with Crippen molar-refractivity contribution >= 4 is 17.6 Å². The summed E-state index contributed by atoms with van der Waals surface area (Å²) >= 11 is 5.43. The molecule has 1 N–H and O–H groups in total. The molecule has 0 aliphatic heterocycles. The lowest BCUT2D eigenvalue weighted by Crippen LogP contribution is -2.53. The number of halogens is 4. The molecule has 0 spiro atoms. The molecule has 0 amide bonds. The fourth-order valence-electron chi connectivity index (χ4n) is 4.58. The molecule has 3 rings (SSSR count). The summed E-state index contributed by atoms with van der Waals surface area (Å²) < 4.78 is 45.0. The lowest BCUT2D eigenvalue weighted by molar-refractivity contribution is -0.281. The molecule has 0 heterocycles. The van der Waals surface area contributed by atoms with E-state index in [4.69, 9.17) is 16.3 Å². The molecule has 3 aliphatic carbocycles. The van der Waals surface area contributed by atoms with Crippen molar-refractivity contribution in [1.82, 2.24) is 0 Å². The normalized spacial score (nSPS) is 42.3. The van der Waals surface area contributed by atoms with Gasteiger partial charge in [-0.3, -0.25) is 4.79 Å². The summed E-state index contributed by atoms with van der Waals surface area (Å²) in [6.07, 6.45) is -0.565. The number of fused-ring (bicyclic) bond motifs is 5. The number of aliphatic hydroxyl groups is 1. The maximum absolute atomic E-state index is 13.2. The van der Waals surface area contributed by atoms with Crippen molar-refractivity contribution in [3.05, 3.63) is 12.2 Å². The summed E-state index contributed by atoms with van der Waals surface area (Å²) in [5, 5.41) is 10.1. The van der Waals surface area contributed by atoms with Gasteiger partial charge in [0.1, 0.15) is 12.0 Å². The van der Waals surface area contributed by atoms with Crippen molar-refractivity contribution in [3.63, 3.8) is 0 Å². The number of rotatable bonds is 3. The van der Waals surface area contributed by atoms with Crippen LogP contribution in [0.25, 0.3) is 0 Å². The molecule has 124 valence electrons. The van der Waals surface area contributed by atoms with Gasteiger partial charge in [0.25, 0.3) is 0 Å². The highest BCUT2D eigenvalue weighted by atomic mass is 35.5. The zero-order chi connectivity index (χ0) is 16.3. The summed E-state index contributed by atoms with van der Waals surface area (Å²) in [6, 6.07) is 0. The van der Waals surface area contributed by atoms with Gasteiger partial charge >= 0.3 is 12.1 Å². The number of alkyl halides is 4. The van der Waals surface area contributed by atoms with E-state index < -0.39 is 35.6 Å². The summed E-state index contributed by atoms with van der Waals surface area (Å²) in [5.74, 6) is -2.07. The lowest BCUT2D eigenvalue weighted by Gasteiger charge is -2.37. The quantitative estimate of drug-likeness (QED) is 0.489. The first-order chi connectivity index (χ1) is 10.2. The van der Waals surface area contributed by atoms with Crippen molar-refractivity contribution in [1.29, 1.82) is 0 Å². The number of carbonyl (C=O) groups is 1. The Morgan fingerprint density at radius 3 is 2.55 bits per heavy atom. The minimum absolute atomic E-state index is 0.0296. The molecule has 2 bridgehead atoms. The number of ether oxygens (including phenoxy) is 1. The molecule has 0 radical (unpaired) electrons. The minimum atomic E-state index is -4.77. The standard InChI is InChI=1S/C15H18ClF3O3/c1-14(21,15(17,18)19)10-5-9-7-2-3-8(4-7)12(9)13(10)22-11(20)6-16/h2-3,7-10,12-13,21H,4-6H2,1H3. The Hall–Kier alpha value is -0.750. The molecule has 22 heavy (non-hydrogen) atoms. The lowest BCUT2D eigenvalue weighted by atomic mass is 9.81. The van der Waals surface area contributed by atoms with E-state index in [1.54, 1.807) is 0 Å². The fourth-order valence-corrected chi connectivity index (χ4v) is 4.64. The fraction of sp³-hybridized carbons (Fsp3) is 0.800. The molecule has 7 heteroatoms. The van der Waals surface area contributed by atoms with E-state index >= 15 is 0 Å². The molecule has 2 fully saturated rings. The maximum atomic E-state index is 13.2. The van der Waals surface area contributed by atoms with Gasteiger partial charge in [-0.1, -0.05) is 12.2 Å². The molecule has 2 saturated carbocycles. The molecule has 7 unspecified atom stereocenters. The summed E-state index contributed by atoms with van der Waals surface area (Å²) in [7, 11) is 0. The third-order valence-corrected chi connectivity index (χ3v) is 5.88. The van der Waals surface area contributed by atoms with Crippen LogP contribution in [0.5, 0.6) is 0 Å². The minimum Gasteiger partial charge on any atom is -0.461 e. The van der Waals surface area contributed by atoms with Crippen LogP contribution in [0, 0.1) is 29.6 Å². The van der Waals surface area contributed by atoms with Gasteiger partial charge in [0.05, 0.1) is 0 Å². The van der Waals surface area contributed by atoms with Crippen LogP contribution in [0.3, 0.4) is 0 Å². The van der Waals surface area contributed by atoms with Crippen molar-refractivity contribution in [2.45, 2.75) is 37.6 Å². The number of carbonyl (C=O) groups excluding carboxylic acids is 1. The predicted octanol–water partition coefficient (Wildman–Crippen LogP) is 2.91. The Kier molecular flexibility index (Phi) is 3.76. The number of allylic oxidation sites excluding steroid dienone is 2. The monoisotopic (exact) mass is 338 g/mol. The van der Waals surface area contributed by atoms with Gasteiger partial charge in [-0.05, 0) is 37.5 Å². The number of hydrogen-bond acceptors (Lipinski definition) is 3. The second-order valence-electron chi connectivity index (χ2n) is 6.77.